The van der Waals surface area contributed by atoms with Crippen LogP contribution in [-0.4, -0.2) is 24.0 Å². The fraction of sp³-hybridized carbons (Fsp3) is 0.323. The van der Waals surface area contributed by atoms with Gasteiger partial charge in [0.25, 0.3) is 5.91 Å². The summed E-state index contributed by atoms with van der Waals surface area (Å²) < 4.78 is 5.16. The van der Waals surface area contributed by atoms with Gasteiger partial charge in [0.15, 0.2) is 0 Å². The van der Waals surface area contributed by atoms with Crippen LogP contribution in [0.15, 0.2) is 60.7 Å². The molecule has 4 aromatic rings. The molecule has 37 heavy (non-hydrogen) atoms. The van der Waals surface area contributed by atoms with Gasteiger partial charge in [-0.05, 0) is 48.3 Å². The van der Waals surface area contributed by atoms with Gasteiger partial charge in [-0.25, -0.2) is 9.78 Å². The topological polar surface area (TPSA) is 68.3 Å². The van der Waals surface area contributed by atoms with Crippen LogP contribution in [0.3, 0.4) is 0 Å². The molecule has 1 aliphatic carbocycles. The molecule has 0 saturated carbocycles. The van der Waals surface area contributed by atoms with Crippen LogP contribution in [0, 0.1) is 11.3 Å². The highest BCUT2D eigenvalue weighted by Gasteiger charge is 2.35. The number of carbonyl (C=O) groups is 2. The van der Waals surface area contributed by atoms with Gasteiger partial charge in [0.2, 0.25) is 0 Å². The minimum Gasteiger partial charge on any atom is -0.465 e. The summed E-state index contributed by atoms with van der Waals surface area (Å²) >= 11 is 1.52. The van der Waals surface area contributed by atoms with Crippen LogP contribution in [0.25, 0.3) is 22.2 Å². The van der Waals surface area contributed by atoms with E-state index < -0.39 is 5.97 Å². The Labute approximate surface area is 221 Å². The van der Waals surface area contributed by atoms with Crippen molar-refractivity contribution in [3.8, 4) is 11.3 Å². The van der Waals surface area contributed by atoms with Gasteiger partial charge in [-0.2, -0.15) is 0 Å². The number of anilines is 1. The molecular formula is C31H32N2O3S. The van der Waals surface area contributed by atoms with Crippen LogP contribution in [0.4, 0.5) is 5.00 Å². The first-order valence-electron chi connectivity index (χ1n) is 12.8. The Morgan fingerprint density at radius 1 is 1.11 bits per heavy atom. The predicted molar refractivity (Wildman–Crippen MR) is 150 cm³/mol. The van der Waals surface area contributed by atoms with Crippen molar-refractivity contribution in [3.05, 3.63) is 82.2 Å². The minimum absolute atomic E-state index is 0.223. The molecule has 0 fully saturated rings. The smallest absolute Gasteiger partial charge is 0.341 e. The molecule has 0 spiro atoms. The fourth-order valence-electron chi connectivity index (χ4n) is 5.24. The SMILES string of the molecule is CCC(C)(C)[C@@H]1CCc2c(sc(NC(=O)c3cc(-c4ccccc4)nc4ccccc34)c2C(=O)OC)C1. The number of hydrogen-bond acceptors (Lipinski definition) is 5. The van der Waals surface area contributed by atoms with Gasteiger partial charge in [0.1, 0.15) is 5.00 Å². The molecule has 6 heteroatoms. The highest BCUT2D eigenvalue weighted by molar-refractivity contribution is 7.17. The van der Waals surface area contributed by atoms with Gasteiger partial charge in [0, 0.05) is 15.8 Å². The maximum atomic E-state index is 13.8. The maximum absolute atomic E-state index is 13.8. The van der Waals surface area contributed by atoms with E-state index in [2.05, 4.69) is 26.1 Å². The van der Waals surface area contributed by atoms with Crippen LogP contribution in [-0.2, 0) is 17.6 Å². The lowest BCUT2D eigenvalue weighted by Crippen LogP contribution is -2.28. The minimum atomic E-state index is -0.398. The largest absolute Gasteiger partial charge is 0.465 e. The summed E-state index contributed by atoms with van der Waals surface area (Å²) in [7, 11) is 1.40. The number of esters is 1. The first-order chi connectivity index (χ1) is 17.8. The molecule has 0 saturated heterocycles. The van der Waals surface area contributed by atoms with Crippen LogP contribution < -0.4 is 5.32 Å². The number of rotatable bonds is 6. The van der Waals surface area contributed by atoms with Gasteiger partial charge in [0.05, 0.1) is 29.4 Å². The number of benzene rings is 2. The predicted octanol–water partition coefficient (Wildman–Crippen LogP) is 7.54. The number of carbonyl (C=O) groups excluding carboxylic acids is 2. The Kier molecular flexibility index (Phi) is 6.86. The first kappa shape index (κ1) is 25.2. The van der Waals surface area contributed by atoms with Crippen LogP contribution in [0.1, 0.15) is 64.8 Å². The van der Waals surface area contributed by atoms with Crippen LogP contribution >= 0.6 is 11.3 Å². The van der Waals surface area contributed by atoms with E-state index in [0.29, 0.717) is 22.0 Å². The third-order valence-corrected chi connectivity index (χ3v) is 9.10. The number of para-hydroxylation sites is 1. The lowest BCUT2D eigenvalue weighted by atomic mass is 9.69. The van der Waals surface area contributed by atoms with Gasteiger partial charge in [-0.15, -0.1) is 11.3 Å². The number of hydrogen-bond donors (Lipinski definition) is 1. The van der Waals surface area contributed by atoms with E-state index in [1.165, 1.54) is 23.3 Å². The summed E-state index contributed by atoms with van der Waals surface area (Å²) in [6.45, 7) is 6.87. The number of nitrogens with one attached hydrogen (secondary N) is 1. The zero-order valence-corrected chi connectivity index (χ0v) is 22.6. The van der Waals surface area contributed by atoms with E-state index in [1.807, 2.05) is 60.7 Å². The van der Waals surface area contributed by atoms with Gasteiger partial charge in [-0.3, -0.25) is 4.79 Å². The molecule has 2 aromatic heterocycles. The fourth-order valence-corrected chi connectivity index (χ4v) is 6.55. The van der Waals surface area contributed by atoms with Gasteiger partial charge in [-0.1, -0.05) is 75.7 Å². The van der Waals surface area contributed by atoms with Crippen molar-refractivity contribution in [1.29, 1.82) is 0 Å². The summed E-state index contributed by atoms with van der Waals surface area (Å²) in [4.78, 5) is 32.6. The van der Waals surface area contributed by atoms with E-state index in [0.717, 1.165) is 53.4 Å². The quantitative estimate of drug-likeness (QED) is 0.271. The number of fused-ring (bicyclic) bond motifs is 2. The molecule has 1 amide bonds. The third kappa shape index (κ3) is 4.78. The summed E-state index contributed by atoms with van der Waals surface area (Å²) in [6, 6.07) is 19.3. The Morgan fingerprint density at radius 3 is 2.57 bits per heavy atom. The first-order valence-corrected chi connectivity index (χ1v) is 13.6. The third-order valence-electron chi connectivity index (χ3n) is 7.93. The molecular weight excluding hydrogens is 480 g/mol. The Morgan fingerprint density at radius 2 is 1.84 bits per heavy atom. The molecule has 190 valence electrons. The normalized spacial score (nSPS) is 15.3. The Bertz CT molecular complexity index is 1470. The summed E-state index contributed by atoms with van der Waals surface area (Å²) in [5.41, 5.74) is 4.70. The number of amides is 1. The van der Waals surface area contributed by atoms with E-state index in [4.69, 9.17) is 9.72 Å². The molecule has 2 heterocycles. The molecule has 2 aromatic carbocycles. The number of ether oxygens (including phenoxy) is 1. The molecule has 0 aliphatic heterocycles. The van der Waals surface area contributed by atoms with Crippen molar-refractivity contribution in [1.82, 2.24) is 4.98 Å². The second-order valence-electron chi connectivity index (χ2n) is 10.4. The lowest BCUT2D eigenvalue weighted by molar-refractivity contribution is 0.0600. The van der Waals surface area contributed by atoms with Crippen LogP contribution in [0.5, 0.6) is 0 Å². The molecule has 1 N–H and O–H groups in total. The highest BCUT2D eigenvalue weighted by Crippen LogP contribution is 2.46. The van der Waals surface area contributed by atoms with Gasteiger partial charge >= 0.3 is 5.97 Å². The average molecular weight is 513 g/mol. The van der Waals surface area contributed by atoms with E-state index in [9.17, 15) is 9.59 Å². The van der Waals surface area contributed by atoms with Crippen molar-refractivity contribution >= 4 is 39.1 Å². The van der Waals surface area contributed by atoms with Crippen molar-refractivity contribution < 1.29 is 14.3 Å². The molecule has 0 bridgehead atoms. The van der Waals surface area contributed by atoms with Crippen LogP contribution in [0.2, 0.25) is 0 Å². The lowest BCUT2D eigenvalue weighted by Gasteiger charge is -2.36. The highest BCUT2D eigenvalue weighted by atomic mass is 32.1. The second-order valence-corrected chi connectivity index (χ2v) is 11.5. The van der Waals surface area contributed by atoms with Crippen molar-refractivity contribution in [2.24, 2.45) is 11.3 Å². The Hall–Kier alpha value is -3.51. The summed E-state index contributed by atoms with van der Waals surface area (Å²) in [5, 5.41) is 4.43. The number of pyridine rings is 1. The second kappa shape index (κ2) is 10.1. The molecule has 0 unspecified atom stereocenters. The molecule has 1 atom stereocenters. The number of nitrogens with zero attached hydrogens (tertiary/aromatic N) is 1. The molecule has 5 rings (SSSR count). The summed E-state index contributed by atoms with van der Waals surface area (Å²) in [6.07, 6.45) is 3.86. The molecule has 0 radical (unpaired) electrons. The van der Waals surface area contributed by atoms with E-state index in [1.54, 1.807) is 0 Å². The average Bonchev–Trinajstić information content (AvgIpc) is 3.29. The standard InChI is InChI=1S/C31H32N2O3S/c1-5-31(2,3)20-15-16-22-26(17-20)37-29(27(22)30(35)36-4)33-28(34)23-18-25(19-11-7-6-8-12-19)32-24-14-10-9-13-21(23)24/h6-14,18,20H,5,15-17H2,1-4H3,(H,33,34)/t20-/m1/s1. The number of methoxy groups -OCH3 is 1. The van der Waals surface area contributed by atoms with Crippen molar-refractivity contribution in [2.75, 3.05) is 12.4 Å². The Balaban J connectivity index is 1.55. The molecule has 1 aliphatic rings. The zero-order chi connectivity index (χ0) is 26.2. The maximum Gasteiger partial charge on any atom is 0.341 e. The molecule has 5 nitrogen and oxygen atoms in total. The van der Waals surface area contributed by atoms with E-state index >= 15 is 0 Å². The zero-order valence-electron chi connectivity index (χ0n) is 21.8. The monoisotopic (exact) mass is 512 g/mol. The number of aromatic nitrogens is 1. The van der Waals surface area contributed by atoms with Crippen molar-refractivity contribution in [2.45, 2.75) is 46.5 Å². The number of thiophene rings is 1. The van der Waals surface area contributed by atoms with Gasteiger partial charge < -0.3 is 10.1 Å². The van der Waals surface area contributed by atoms with E-state index in [-0.39, 0.29) is 11.3 Å². The van der Waals surface area contributed by atoms with Crippen molar-refractivity contribution in [3.63, 3.8) is 0 Å². The summed E-state index contributed by atoms with van der Waals surface area (Å²) in [5.74, 6) is -0.120.